The third kappa shape index (κ3) is 2.38. The van der Waals surface area contributed by atoms with Gasteiger partial charge in [-0.15, -0.1) is 6.58 Å². The molecule has 1 atom stereocenters. The van der Waals surface area contributed by atoms with E-state index < -0.39 is 15.3 Å². The highest BCUT2D eigenvalue weighted by Crippen LogP contribution is 2.31. The first-order chi connectivity index (χ1) is 10.6. The predicted molar refractivity (Wildman–Crippen MR) is 91.1 cm³/mol. The summed E-state index contributed by atoms with van der Waals surface area (Å²) in [4.78, 5) is 4.00. The van der Waals surface area contributed by atoms with Crippen LogP contribution in [0.5, 0.6) is 0 Å². The SMILES string of the molecule is C=CC(c1cccnc1)S(=O)(=O)n1ccc2c(Br)cccc21. The molecule has 0 saturated carbocycles. The number of hydrogen-bond donors (Lipinski definition) is 0. The lowest BCUT2D eigenvalue weighted by Crippen LogP contribution is -2.19. The number of nitrogens with zero attached hydrogens (tertiary/aromatic N) is 2. The molecule has 22 heavy (non-hydrogen) atoms. The molecule has 0 amide bonds. The van der Waals surface area contributed by atoms with Crippen LogP contribution in [-0.4, -0.2) is 17.4 Å². The quantitative estimate of drug-likeness (QED) is 0.648. The average molecular weight is 377 g/mol. The standard InChI is InChI=1S/C16H13BrN2O2S/c1-2-16(12-5-4-9-18-11-12)22(20,21)19-10-8-13-14(17)6-3-7-15(13)19/h2-11,16H,1H2. The first kappa shape index (κ1) is 15.0. The maximum Gasteiger partial charge on any atom is 0.249 e. The molecule has 0 radical (unpaired) electrons. The fraction of sp³-hybridized carbons (Fsp3) is 0.0625. The fourth-order valence-corrected chi connectivity index (χ4v) is 4.55. The molecule has 0 bridgehead atoms. The van der Waals surface area contributed by atoms with Crippen LogP contribution in [-0.2, 0) is 10.0 Å². The Morgan fingerprint density at radius 3 is 2.73 bits per heavy atom. The molecule has 6 heteroatoms. The monoisotopic (exact) mass is 376 g/mol. The molecular weight excluding hydrogens is 364 g/mol. The largest absolute Gasteiger partial charge is 0.264 e. The molecule has 0 aliphatic heterocycles. The summed E-state index contributed by atoms with van der Waals surface area (Å²) in [5.74, 6) is 0. The van der Waals surface area contributed by atoms with Crippen LogP contribution in [0.4, 0.5) is 0 Å². The van der Waals surface area contributed by atoms with E-state index in [4.69, 9.17) is 0 Å². The van der Waals surface area contributed by atoms with E-state index in [-0.39, 0.29) is 0 Å². The molecule has 3 rings (SSSR count). The van der Waals surface area contributed by atoms with Gasteiger partial charge in [-0.2, -0.15) is 0 Å². The van der Waals surface area contributed by atoms with Crippen molar-refractivity contribution in [2.45, 2.75) is 5.25 Å². The summed E-state index contributed by atoms with van der Waals surface area (Å²) in [6.45, 7) is 3.68. The molecule has 2 heterocycles. The molecule has 1 aromatic carbocycles. The first-order valence-corrected chi connectivity index (χ1v) is 8.88. The van der Waals surface area contributed by atoms with Gasteiger partial charge < -0.3 is 0 Å². The summed E-state index contributed by atoms with van der Waals surface area (Å²) < 4.78 is 28.2. The molecule has 112 valence electrons. The molecule has 0 saturated heterocycles. The molecule has 0 aliphatic carbocycles. The second-order valence-corrected chi connectivity index (χ2v) is 7.56. The van der Waals surface area contributed by atoms with Crippen LogP contribution in [0.15, 0.2) is 72.1 Å². The van der Waals surface area contributed by atoms with E-state index in [0.717, 1.165) is 9.86 Å². The Morgan fingerprint density at radius 1 is 1.23 bits per heavy atom. The van der Waals surface area contributed by atoms with Crippen molar-refractivity contribution in [1.29, 1.82) is 0 Å². The molecule has 0 spiro atoms. The highest BCUT2D eigenvalue weighted by atomic mass is 79.9. The zero-order chi connectivity index (χ0) is 15.7. The van der Waals surface area contributed by atoms with Crippen molar-refractivity contribution in [3.8, 4) is 0 Å². The minimum atomic E-state index is -3.67. The molecule has 4 nitrogen and oxygen atoms in total. The smallest absolute Gasteiger partial charge is 0.249 e. The van der Waals surface area contributed by atoms with Gasteiger partial charge in [-0.3, -0.25) is 4.98 Å². The van der Waals surface area contributed by atoms with Gasteiger partial charge in [-0.25, -0.2) is 12.4 Å². The molecule has 2 aromatic heterocycles. The van der Waals surface area contributed by atoms with E-state index in [0.29, 0.717) is 11.1 Å². The third-order valence-corrected chi connectivity index (χ3v) is 6.13. The lowest BCUT2D eigenvalue weighted by molar-refractivity contribution is 0.583. The van der Waals surface area contributed by atoms with Gasteiger partial charge in [0.15, 0.2) is 0 Å². The fourth-order valence-electron chi connectivity index (χ4n) is 2.42. The predicted octanol–water partition coefficient (Wildman–Crippen LogP) is 3.90. The van der Waals surface area contributed by atoms with E-state index in [9.17, 15) is 8.42 Å². The summed E-state index contributed by atoms with van der Waals surface area (Å²) in [5, 5.41) is -0.00384. The lowest BCUT2D eigenvalue weighted by Gasteiger charge is -2.15. The number of aromatic nitrogens is 2. The van der Waals surface area contributed by atoms with Gasteiger partial charge in [0.2, 0.25) is 10.0 Å². The van der Waals surface area contributed by atoms with Crippen LogP contribution in [0.2, 0.25) is 0 Å². The lowest BCUT2D eigenvalue weighted by atomic mass is 10.2. The highest BCUT2D eigenvalue weighted by Gasteiger charge is 2.27. The number of pyridine rings is 1. The topological polar surface area (TPSA) is 52.0 Å². The summed E-state index contributed by atoms with van der Waals surface area (Å²) in [6.07, 6.45) is 6.15. The maximum absolute atomic E-state index is 13.0. The van der Waals surface area contributed by atoms with Gasteiger partial charge in [0.1, 0.15) is 5.25 Å². The molecule has 0 fully saturated rings. The van der Waals surface area contributed by atoms with Gasteiger partial charge in [-0.1, -0.05) is 34.1 Å². The molecule has 0 aliphatic rings. The minimum Gasteiger partial charge on any atom is -0.264 e. The van der Waals surface area contributed by atoms with Crippen LogP contribution in [0.1, 0.15) is 10.8 Å². The zero-order valence-corrected chi connectivity index (χ0v) is 14.0. The molecular formula is C16H13BrN2O2S. The van der Waals surface area contributed by atoms with Crippen molar-refractivity contribution in [2.75, 3.05) is 0 Å². The summed E-state index contributed by atoms with van der Waals surface area (Å²) in [5.41, 5.74) is 1.22. The number of hydrogen-bond acceptors (Lipinski definition) is 3. The second-order valence-electron chi connectivity index (χ2n) is 4.77. The Labute approximate surface area is 137 Å². The van der Waals surface area contributed by atoms with E-state index in [1.807, 2.05) is 12.1 Å². The summed E-state index contributed by atoms with van der Waals surface area (Å²) in [6, 6.07) is 10.7. The van der Waals surface area contributed by atoms with Crippen LogP contribution in [0, 0.1) is 0 Å². The number of benzene rings is 1. The Kier molecular flexibility index (Phi) is 3.88. The molecule has 3 aromatic rings. The number of rotatable bonds is 4. The number of halogens is 1. The highest BCUT2D eigenvalue weighted by molar-refractivity contribution is 9.10. The van der Waals surface area contributed by atoms with E-state index in [1.54, 1.807) is 42.9 Å². The Balaban J connectivity index is 2.20. The summed E-state index contributed by atoms with van der Waals surface area (Å²) >= 11 is 3.44. The van der Waals surface area contributed by atoms with Crippen LogP contribution in [0.25, 0.3) is 10.9 Å². The van der Waals surface area contributed by atoms with Crippen molar-refractivity contribution < 1.29 is 8.42 Å². The molecule has 0 N–H and O–H groups in total. The van der Waals surface area contributed by atoms with Crippen molar-refractivity contribution >= 4 is 36.9 Å². The van der Waals surface area contributed by atoms with Crippen LogP contribution in [0.3, 0.4) is 0 Å². The van der Waals surface area contributed by atoms with Gasteiger partial charge in [0.05, 0.1) is 5.52 Å². The van der Waals surface area contributed by atoms with Crippen LogP contribution >= 0.6 is 15.9 Å². The zero-order valence-electron chi connectivity index (χ0n) is 11.6. The first-order valence-electron chi connectivity index (χ1n) is 6.58. The van der Waals surface area contributed by atoms with Gasteiger partial charge in [0, 0.05) is 28.4 Å². The average Bonchev–Trinajstić information content (AvgIpc) is 2.95. The van der Waals surface area contributed by atoms with Gasteiger partial charge in [-0.05, 0) is 29.8 Å². The summed E-state index contributed by atoms with van der Waals surface area (Å²) in [7, 11) is -3.67. The van der Waals surface area contributed by atoms with Crippen molar-refractivity contribution in [1.82, 2.24) is 8.96 Å². The van der Waals surface area contributed by atoms with E-state index >= 15 is 0 Å². The molecule has 1 unspecified atom stereocenters. The normalized spacial score (nSPS) is 13.1. The second kappa shape index (κ2) is 5.70. The number of fused-ring (bicyclic) bond motifs is 1. The maximum atomic E-state index is 13.0. The van der Waals surface area contributed by atoms with Crippen LogP contribution < -0.4 is 0 Å². The Hall–Kier alpha value is -1.92. The Bertz CT molecular complexity index is 933. The van der Waals surface area contributed by atoms with Gasteiger partial charge in [0.25, 0.3) is 0 Å². The van der Waals surface area contributed by atoms with E-state index in [1.165, 1.54) is 10.0 Å². The minimum absolute atomic E-state index is 0.592. The Morgan fingerprint density at radius 2 is 2.05 bits per heavy atom. The van der Waals surface area contributed by atoms with Crippen molar-refractivity contribution in [3.05, 3.63) is 77.7 Å². The van der Waals surface area contributed by atoms with E-state index in [2.05, 4.69) is 27.5 Å². The van der Waals surface area contributed by atoms with Gasteiger partial charge >= 0.3 is 0 Å². The van der Waals surface area contributed by atoms with Crippen molar-refractivity contribution in [3.63, 3.8) is 0 Å². The van der Waals surface area contributed by atoms with Crippen molar-refractivity contribution in [2.24, 2.45) is 0 Å². The third-order valence-electron chi connectivity index (χ3n) is 3.47.